The Labute approximate surface area is 173 Å². The van der Waals surface area contributed by atoms with Crippen molar-refractivity contribution in [2.75, 3.05) is 25.0 Å². The van der Waals surface area contributed by atoms with Gasteiger partial charge in [-0.3, -0.25) is 14.5 Å². The number of carbonyl (C=O) groups excluding carboxylic acids is 2. The second-order valence-corrected chi connectivity index (χ2v) is 8.03. The van der Waals surface area contributed by atoms with Crippen LogP contribution in [0.4, 0.5) is 5.69 Å². The number of likely N-dealkylation sites (tertiary alicyclic amines) is 1. The van der Waals surface area contributed by atoms with Crippen LogP contribution in [-0.4, -0.2) is 36.3 Å². The van der Waals surface area contributed by atoms with Crippen molar-refractivity contribution >= 4 is 40.6 Å². The number of rotatable bonds is 4. The summed E-state index contributed by atoms with van der Waals surface area (Å²) in [6.07, 6.45) is 1.61. The number of benzene rings is 2. The highest BCUT2D eigenvalue weighted by Gasteiger charge is 2.27. The van der Waals surface area contributed by atoms with E-state index in [9.17, 15) is 9.59 Å². The molecule has 2 aromatic rings. The molecule has 7 heteroatoms. The molecule has 1 N–H and O–H groups in total. The first-order chi connectivity index (χ1) is 13.5. The fourth-order valence-electron chi connectivity index (χ4n) is 3.72. The molecule has 5 nitrogen and oxygen atoms in total. The smallest absolute Gasteiger partial charge is 0.262 e. The number of anilines is 1. The molecule has 28 heavy (non-hydrogen) atoms. The summed E-state index contributed by atoms with van der Waals surface area (Å²) >= 11 is 12.1. The molecule has 0 aromatic heterocycles. The third-order valence-electron chi connectivity index (χ3n) is 5.25. The molecule has 2 aromatic carbocycles. The van der Waals surface area contributed by atoms with Crippen molar-refractivity contribution in [3.63, 3.8) is 0 Å². The molecule has 0 spiro atoms. The molecule has 2 aliphatic rings. The summed E-state index contributed by atoms with van der Waals surface area (Å²) in [6.45, 7) is 2.50. The lowest BCUT2D eigenvalue weighted by molar-refractivity contribution is -0.118. The van der Waals surface area contributed by atoms with E-state index in [1.165, 1.54) is 0 Å². The van der Waals surface area contributed by atoms with Gasteiger partial charge in [-0.15, -0.1) is 0 Å². The number of carbonyl (C=O) groups is 2. The van der Waals surface area contributed by atoms with E-state index in [2.05, 4.69) is 10.2 Å². The van der Waals surface area contributed by atoms with Crippen LogP contribution in [0.3, 0.4) is 0 Å². The van der Waals surface area contributed by atoms with Crippen LogP contribution < -0.4 is 10.1 Å². The summed E-state index contributed by atoms with van der Waals surface area (Å²) in [4.78, 5) is 26.7. The minimum Gasteiger partial charge on any atom is -0.482 e. The Morgan fingerprint density at radius 1 is 1.11 bits per heavy atom. The van der Waals surface area contributed by atoms with Crippen LogP contribution in [0.2, 0.25) is 10.0 Å². The Balaban J connectivity index is 1.37. The van der Waals surface area contributed by atoms with E-state index in [1.807, 2.05) is 18.2 Å². The monoisotopic (exact) mass is 418 g/mol. The summed E-state index contributed by atoms with van der Waals surface area (Å²) in [6, 6.07) is 10.9. The number of hydrogen-bond acceptors (Lipinski definition) is 4. The number of amides is 1. The maximum atomic E-state index is 12.9. The Morgan fingerprint density at radius 2 is 1.89 bits per heavy atom. The van der Waals surface area contributed by atoms with Crippen LogP contribution in [-0.2, 0) is 11.3 Å². The lowest BCUT2D eigenvalue weighted by Gasteiger charge is -2.31. The quantitative estimate of drug-likeness (QED) is 0.746. The van der Waals surface area contributed by atoms with Crippen molar-refractivity contribution in [2.24, 2.45) is 5.92 Å². The predicted octanol–water partition coefficient (Wildman–Crippen LogP) is 4.42. The number of halogens is 2. The number of nitrogens with one attached hydrogen (secondary N) is 1. The first kappa shape index (κ1) is 19.2. The molecule has 0 saturated carbocycles. The molecule has 0 unspecified atom stereocenters. The van der Waals surface area contributed by atoms with Gasteiger partial charge in [-0.2, -0.15) is 0 Å². The van der Waals surface area contributed by atoms with Gasteiger partial charge < -0.3 is 10.1 Å². The van der Waals surface area contributed by atoms with Gasteiger partial charge in [0.2, 0.25) is 0 Å². The first-order valence-electron chi connectivity index (χ1n) is 9.27. The Bertz CT molecular complexity index is 924. The summed E-state index contributed by atoms with van der Waals surface area (Å²) in [5.74, 6) is 0.514. The van der Waals surface area contributed by atoms with Crippen LogP contribution in [0.15, 0.2) is 36.4 Å². The topological polar surface area (TPSA) is 58.6 Å². The first-order valence-corrected chi connectivity index (χ1v) is 10.0. The van der Waals surface area contributed by atoms with E-state index in [4.69, 9.17) is 27.9 Å². The van der Waals surface area contributed by atoms with Gasteiger partial charge in [-0.05, 0) is 61.8 Å². The zero-order chi connectivity index (χ0) is 19.7. The predicted molar refractivity (Wildman–Crippen MR) is 109 cm³/mol. The van der Waals surface area contributed by atoms with E-state index in [-0.39, 0.29) is 24.2 Å². The van der Waals surface area contributed by atoms with Gasteiger partial charge in [0.15, 0.2) is 12.4 Å². The van der Waals surface area contributed by atoms with Gasteiger partial charge in [0.25, 0.3) is 5.91 Å². The molecule has 1 saturated heterocycles. The zero-order valence-electron chi connectivity index (χ0n) is 15.2. The molecule has 4 rings (SSSR count). The van der Waals surface area contributed by atoms with Crippen LogP contribution in [0.1, 0.15) is 28.8 Å². The van der Waals surface area contributed by atoms with E-state index in [0.29, 0.717) is 27.0 Å². The van der Waals surface area contributed by atoms with Crippen LogP contribution in [0.5, 0.6) is 5.75 Å². The molecule has 0 radical (unpaired) electrons. The van der Waals surface area contributed by atoms with Crippen molar-refractivity contribution in [2.45, 2.75) is 19.4 Å². The van der Waals surface area contributed by atoms with E-state index in [1.54, 1.807) is 18.2 Å². The fourth-order valence-corrected chi connectivity index (χ4v) is 4.04. The van der Waals surface area contributed by atoms with Gasteiger partial charge in [0.05, 0.1) is 15.7 Å². The Hall–Kier alpha value is -2.08. The summed E-state index contributed by atoms with van der Waals surface area (Å²) in [5, 5.41) is 3.88. The maximum Gasteiger partial charge on any atom is 0.262 e. The van der Waals surface area contributed by atoms with Crippen molar-refractivity contribution in [3.8, 4) is 5.75 Å². The highest BCUT2D eigenvalue weighted by molar-refractivity contribution is 6.42. The van der Waals surface area contributed by atoms with Gasteiger partial charge >= 0.3 is 0 Å². The van der Waals surface area contributed by atoms with Gasteiger partial charge in [0, 0.05) is 18.0 Å². The number of piperidine rings is 1. The Kier molecular flexibility index (Phi) is 5.58. The van der Waals surface area contributed by atoms with Crippen molar-refractivity contribution in [1.29, 1.82) is 0 Å². The number of ketones is 1. The van der Waals surface area contributed by atoms with Crippen LogP contribution >= 0.6 is 23.2 Å². The van der Waals surface area contributed by atoms with Gasteiger partial charge in [-0.25, -0.2) is 0 Å². The fraction of sp³-hybridized carbons (Fsp3) is 0.333. The van der Waals surface area contributed by atoms with Gasteiger partial charge in [0.1, 0.15) is 5.75 Å². The third kappa shape index (κ3) is 4.17. The van der Waals surface area contributed by atoms with E-state index >= 15 is 0 Å². The zero-order valence-corrected chi connectivity index (χ0v) is 16.7. The third-order valence-corrected chi connectivity index (χ3v) is 5.98. The molecule has 0 atom stereocenters. The molecule has 146 valence electrons. The second kappa shape index (κ2) is 8.11. The maximum absolute atomic E-state index is 12.9. The van der Waals surface area contributed by atoms with Crippen molar-refractivity contribution in [1.82, 2.24) is 4.90 Å². The lowest BCUT2D eigenvalue weighted by Crippen LogP contribution is -2.36. The van der Waals surface area contributed by atoms with Crippen LogP contribution in [0.25, 0.3) is 0 Å². The number of nitrogens with zero attached hydrogens (tertiary/aromatic N) is 1. The highest BCUT2D eigenvalue weighted by atomic mass is 35.5. The average Bonchev–Trinajstić information content (AvgIpc) is 2.70. The Morgan fingerprint density at radius 3 is 2.64 bits per heavy atom. The summed E-state index contributed by atoms with van der Waals surface area (Å²) < 4.78 is 5.35. The molecule has 2 aliphatic heterocycles. The summed E-state index contributed by atoms with van der Waals surface area (Å²) in [5.41, 5.74) is 2.30. The second-order valence-electron chi connectivity index (χ2n) is 7.21. The summed E-state index contributed by atoms with van der Waals surface area (Å²) in [7, 11) is 0. The SMILES string of the molecule is O=C1COc2ccc(C(=O)C3CCN(Cc4ccc(Cl)c(Cl)c4)CC3)cc2N1. The minimum atomic E-state index is -0.201. The largest absolute Gasteiger partial charge is 0.482 e. The molecule has 2 heterocycles. The van der Waals surface area contributed by atoms with Gasteiger partial charge in [-0.1, -0.05) is 29.3 Å². The highest BCUT2D eigenvalue weighted by Crippen LogP contribution is 2.31. The molecular formula is C21H20Cl2N2O3. The molecule has 1 fully saturated rings. The van der Waals surface area contributed by atoms with Crippen molar-refractivity contribution in [3.05, 3.63) is 57.6 Å². The molecule has 0 aliphatic carbocycles. The minimum absolute atomic E-state index is 0.0108. The number of ether oxygens (including phenoxy) is 1. The standard InChI is InChI=1S/C21H20Cl2N2O3/c22-16-3-1-13(9-17(16)23)11-25-7-5-14(6-8-25)21(27)15-2-4-19-18(10-15)24-20(26)12-28-19/h1-4,9-10,14H,5-8,11-12H2,(H,24,26). The van der Waals surface area contributed by atoms with E-state index in [0.717, 1.165) is 38.0 Å². The number of fused-ring (bicyclic) bond motifs is 1. The van der Waals surface area contributed by atoms with Crippen LogP contribution in [0, 0.1) is 5.92 Å². The number of Topliss-reactive ketones (excluding diaryl/α,β-unsaturated/α-hetero) is 1. The molecular weight excluding hydrogens is 399 g/mol. The normalized spacial score (nSPS) is 17.6. The van der Waals surface area contributed by atoms with E-state index < -0.39 is 0 Å². The molecule has 1 amide bonds. The number of hydrogen-bond donors (Lipinski definition) is 1. The van der Waals surface area contributed by atoms with Crippen molar-refractivity contribution < 1.29 is 14.3 Å². The lowest BCUT2D eigenvalue weighted by atomic mass is 9.88. The average molecular weight is 419 g/mol. The molecule has 0 bridgehead atoms.